The van der Waals surface area contributed by atoms with Gasteiger partial charge in [0.1, 0.15) is 6.33 Å². The van der Waals surface area contributed by atoms with Gasteiger partial charge in [0.2, 0.25) is 5.75 Å². The average Bonchev–Trinajstić information content (AvgIpc) is 2.97. The van der Waals surface area contributed by atoms with E-state index in [0.717, 1.165) is 24.7 Å². The highest BCUT2D eigenvalue weighted by molar-refractivity contribution is 7.09. The first-order valence-corrected chi connectivity index (χ1v) is 7.97. The third kappa shape index (κ3) is 3.64. The molecule has 2 rings (SSSR count). The van der Waals surface area contributed by atoms with Crippen molar-refractivity contribution in [3.8, 4) is 5.75 Å². The Hall–Kier alpha value is -1.82. The van der Waals surface area contributed by atoms with Crippen molar-refractivity contribution < 1.29 is 4.74 Å². The van der Waals surface area contributed by atoms with Gasteiger partial charge in [-0.25, -0.2) is 9.97 Å². The second-order valence-electron chi connectivity index (χ2n) is 4.91. The third-order valence-electron chi connectivity index (χ3n) is 3.14. The van der Waals surface area contributed by atoms with Crippen LogP contribution in [0.2, 0.25) is 0 Å². The lowest BCUT2D eigenvalue weighted by Crippen LogP contribution is -2.31. The molecular formula is C15H22N4OS. The van der Waals surface area contributed by atoms with E-state index in [1.165, 1.54) is 4.88 Å². The van der Waals surface area contributed by atoms with Crippen LogP contribution in [0.5, 0.6) is 5.75 Å². The number of ether oxygens (including phenoxy) is 1. The predicted octanol–water partition coefficient (Wildman–Crippen LogP) is 3.39. The van der Waals surface area contributed by atoms with Gasteiger partial charge in [0, 0.05) is 17.5 Å². The van der Waals surface area contributed by atoms with E-state index in [1.54, 1.807) is 24.8 Å². The summed E-state index contributed by atoms with van der Waals surface area (Å²) in [5, 5.41) is 5.31. The van der Waals surface area contributed by atoms with E-state index < -0.39 is 0 Å². The van der Waals surface area contributed by atoms with Crippen LogP contribution in [0.3, 0.4) is 0 Å². The van der Waals surface area contributed by atoms with Gasteiger partial charge in [0.15, 0.2) is 11.6 Å². The van der Waals surface area contributed by atoms with Crippen molar-refractivity contribution in [2.24, 2.45) is 0 Å². The topological polar surface area (TPSA) is 50.3 Å². The molecule has 0 saturated heterocycles. The standard InChI is InChI=1S/C15H22N4OS/c1-5-16-14-13(20-4)15(18-10-17-14)19(11(2)3)9-12-7-6-8-21-12/h6-8,10-11H,5,9H2,1-4H3,(H,16,17,18). The van der Waals surface area contributed by atoms with E-state index in [9.17, 15) is 0 Å². The lowest BCUT2D eigenvalue weighted by molar-refractivity contribution is 0.410. The van der Waals surface area contributed by atoms with E-state index in [1.807, 2.05) is 6.92 Å². The fourth-order valence-corrected chi connectivity index (χ4v) is 2.83. The molecule has 5 nitrogen and oxygen atoms in total. The third-order valence-corrected chi connectivity index (χ3v) is 4.00. The Labute approximate surface area is 130 Å². The molecule has 2 aromatic rings. The fourth-order valence-electron chi connectivity index (χ4n) is 2.12. The summed E-state index contributed by atoms with van der Waals surface area (Å²) in [5.41, 5.74) is 0. The van der Waals surface area contributed by atoms with E-state index in [-0.39, 0.29) is 0 Å². The number of rotatable bonds is 7. The molecule has 0 amide bonds. The Kier molecular flexibility index (Phi) is 5.38. The summed E-state index contributed by atoms with van der Waals surface area (Å²) in [5.74, 6) is 2.26. The van der Waals surface area contributed by atoms with Gasteiger partial charge in [-0.3, -0.25) is 0 Å². The van der Waals surface area contributed by atoms with Crippen LogP contribution in [-0.2, 0) is 6.54 Å². The molecule has 21 heavy (non-hydrogen) atoms. The van der Waals surface area contributed by atoms with Crippen LogP contribution in [0, 0.1) is 0 Å². The molecule has 6 heteroatoms. The van der Waals surface area contributed by atoms with Gasteiger partial charge in [0.25, 0.3) is 0 Å². The zero-order valence-corrected chi connectivity index (χ0v) is 13.8. The largest absolute Gasteiger partial charge is 0.490 e. The summed E-state index contributed by atoms with van der Waals surface area (Å²) in [7, 11) is 1.66. The molecule has 0 aromatic carbocycles. The molecule has 0 aliphatic carbocycles. The van der Waals surface area contributed by atoms with Crippen LogP contribution >= 0.6 is 11.3 Å². The van der Waals surface area contributed by atoms with Gasteiger partial charge >= 0.3 is 0 Å². The quantitative estimate of drug-likeness (QED) is 0.849. The Bertz CT molecular complexity index is 557. The lowest BCUT2D eigenvalue weighted by Gasteiger charge is -2.29. The number of aromatic nitrogens is 2. The first kappa shape index (κ1) is 15.6. The van der Waals surface area contributed by atoms with Crippen LogP contribution in [-0.4, -0.2) is 29.7 Å². The number of hydrogen-bond acceptors (Lipinski definition) is 6. The van der Waals surface area contributed by atoms with E-state index in [2.05, 4.69) is 51.5 Å². The molecule has 0 unspecified atom stereocenters. The molecule has 1 N–H and O–H groups in total. The van der Waals surface area contributed by atoms with Crippen LogP contribution in [0.25, 0.3) is 0 Å². The van der Waals surface area contributed by atoms with Crippen LogP contribution in [0.1, 0.15) is 25.6 Å². The first-order chi connectivity index (χ1) is 10.2. The predicted molar refractivity (Wildman–Crippen MR) is 88.4 cm³/mol. The van der Waals surface area contributed by atoms with Crippen molar-refractivity contribution in [1.82, 2.24) is 9.97 Å². The second kappa shape index (κ2) is 7.26. The number of hydrogen-bond donors (Lipinski definition) is 1. The minimum atomic E-state index is 0.311. The monoisotopic (exact) mass is 306 g/mol. The molecule has 0 aliphatic rings. The number of thiophene rings is 1. The van der Waals surface area contributed by atoms with Gasteiger partial charge in [-0.05, 0) is 32.2 Å². The maximum absolute atomic E-state index is 5.55. The zero-order valence-electron chi connectivity index (χ0n) is 13.0. The minimum absolute atomic E-state index is 0.311. The molecule has 0 aliphatic heterocycles. The second-order valence-corrected chi connectivity index (χ2v) is 5.94. The maximum atomic E-state index is 5.55. The molecule has 0 radical (unpaired) electrons. The molecule has 114 valence electrons. The molecule has 0 bridgehead atoms. The molecular weight excluding hydrogens is 284 g/mol. The van der Waals surface area contributed by atoms with Crippen molar-refractivity contribution >= 4 is 23.0 Å². The normalized spacial score (nSPS) is 10.7. The fraction of sp³-hybridized carbons (Fsp3) is 0.467. The summed E-state index contributed by atoms with van der Waals surface area (Å²) < 4.78 is 5.55. The number of nitrogens with one attached hydrogen (secondary N) is 1. The van der Waals surface area contributed by atoms with Crippen molar-refractivity contribution in [2.45, 2.75) is 33.4 Å². The van der Waals surface area contributed by atoms with E-state index in [0.29, 0.717) is 11.8 Å². The maximum Gasteiger partial charge on any atom is 0.204 e. The first-order valence-electron chi connectivity index (χ1n) is 7.09. The SMILES string of the molecule is CCNc1ncnc(N(Cc2cccs2)C(C)C)c1OC. The summed E-state index contributed by atoms with van der Waals surface area (Å²) >= 11 is 1.75. The molecule has 0 atom stereocenters. The Morgan fingerprint density at radius 2 is 2.19 bits per heavy atom. The van der Waals surface area contributed by atoms with Crippen LogP contribution in [0.4, 0.5) is 11.6 Å². The van der Waals surface area contributed by atoms with Gasteiger partial charge in [-0.15, -0.1) is 11.3 Å². The summed E-state index contributed by atoms with van der Waals surface area (Å²) in [6, 6.07) is 4.52. The Balaban J connectivity index is 2.37. The van der Waals surface area contributed by atoms with Gasteiger partial charge in [-0.2, -0.15) is 0 Å². The smallest absolute Gasteiger partial charge is 0.204 e. The highest BCUT2D eigenvalue weighted by Crippen LogP contribution is 2.34. The van der Waals surface area contributed by atoms with E-state index >= 15 is 0 Å². The van der Waals surface area contributed by atoms with Crippen molar-refractivity contribution in [1.29, 1.82) is 0 Å². The molecule has 2 heterocycles. The van der Waals surface area contributed by atoms with Crippen LogP contribution in [0.15, 0.2) is 23.8 Å². The molecule has 0 saturated carbocycles. The lowest BCUT2D eigenvalue weighted by atomic mass is 10.2. The van der Waals surface area contributed by atoms with Gasteiger partial charge in [-0.1, -0.05) is 6.07 Å². The van der Waals surface area contributed by atoms with Crippen LogP contribution < -0.4 is 15.0 Å². The van der Waals surface area contributed by atoms with Crippen molar-refractivity contribution in [3.63, 3.8) is 0 Å². The van der Waals surface area contributed by atoms with Crippen molar-refractivity contribution in [2.75, 3.05) is 23.9 Å². The molecule has 0 fully saturated rings. The van der Waals surface area contributed by atoms with Crippen molar-refractivity contribution in [3.05, 3.63) is 28.7 Å². The Morgan fingerprint density at radius 1 is 1.38 bits per heavy atom. The highest BCUT2D eigenvalue weighted by atomic mass is 32.1. The van der Waals surface area contributed by atoms with E-state index in [4.69, 9.17) is 4.74 Å². The average molecular weight is 306 g/mol. The molecule has 2 aromatic heterocycles. The number of anilines is 2. The summed E-state index contributed by atoms with van der Waals surface area (Å²) in [6.07, 6.45) is 1.58. The van der Waals surface area contributed by atoms with Gasteiger partial charge < -0.3 is 15.0 Å². The van der Waals surface area contributed by atoms with Gasteiger partial charge in [0.05, 0.1) is 13.7 Å². The number of methoxy groups -OCH3 is 1. The summed E-state index contributed by atoms with van der Waals surface area (Å²) in [6.45, 7) is 7.95. The molecule has 0 spiro atoms. The number of nitrogens with zero attached hydrogens (tertiary/aromatic N) is 3. The zero-order chi connectivity index (χ0) is 15.2. The highest BCUT2D eigenvalue weighted by Gasteiger charge is 2.20. The summed E-state index contributed by atoms with van der Waals surface area (Å²) in [4.78, 5) is 12.2. The Morgan fingerprint density at radius 3 is 2.76 bits per heavy atom. The minimum Gasteiger partial charge on any atom is -0.490 e.